The third-order valence-electron chi connectivity index (χ3n) is 8.58. The van der Waals surface area contributed by atoms with Crippen LogP contribution in [0.25, 0.3) is 0 Å². The normalized spacial score (nSPS) is 20.6. The van der Waals surface area contributed by atoms with Crippen LogP contribution in [0.3, 0.4) is 0 Å². The van der Waals surface area contributed by atoms with Gasteiger partial charge in [-0.3, -0.25) is 29.0 Å². The van der Waals surface area contributed by atoms with Crippen molar-refractivity contribution < 1.29 is 28.7 Å². The van der Waals surface area contributed by atoms with Crippen LogP contribution in [-0.2, 0) is 27.3 Å². The maximum absolute atomic E-state index is 13.8. The highest BCUT2D eigenvalue weighted by Gasteiger charge is 2.31. The molecule has 0 radical (unpaired) electrons. The summed E-state index contributed by atoms with van der Waals surface area (Å²) in [7, 11) is 1.56. The van der Waals surface area contributed by atoms with E-state index in [4.69, 9.17) is 4.74 Å². The molecule has 13 heteroatoms. The van der Waals surface area contributed by atoms with Gasteiger partial charge in [-0.15, -0.1) is 0 Å². The molecule has 49 heavy (non-hydrogen) atoms. The van der Waals surface area contributed by atoms with Crippen molar-refractivity contribution in [2.24, 2.45) is 5.92 Å². The van der Waals surface area contributed by atoms with Gasteiger partial charge in [0.05, 0.1) is 13.3 Å². The Labute approximate surface area is 286 Å². The lowest BCUT2D eigenvalue weighted by atomic mass is 9.96. The highest BCUT2D eigenvalue weighted by molar-refractivity contribution is 5.99. The zero-order chi connectivity index (χ0) is 35.3. The molecule has 260 valence electrons. The summed E-state index contributed by atoms with van der Waals surface area (Å²) in [5.74, 6) is -1.81. The van der Waals surface area contributed by atoms with Crippen molar-refractivity contribution >= 4 is 29.5 Å². The van der Waals surface area contributed by atoms with Crippen LogP contribution in [0.15, 0.2) is 67.1 Å². The van der Waals surface area contributed by atoms with Gasteiger partial charge in [-0.2, -0.15) is 0 Å². The molecule has 2 bridgehead atoms. The lowest BCUT2D eigenvalue weighted by molar-refractivity contribution is -0.132. The molecule has 5 amide bonds. The molecule has 4 atom stereocenters. The fourth-order valence-corrected chi connectivity index (χ4v) is 5.37. The summed E-state index contributed by atoms with van der Waals surface area (Å²) in [5, 5.41) is 11.3. The zero-order valence-corrected chi connectivity index (χ0v) is 28.4. The summed E-state index contributed by atoms with van der Waals surface area (Å²) in [5.41, 5.74) is 2.11. The first-order valence-electron chi connectivity index (χ1n) is 16.6. The molecule has 5 rings (SSSR count). The van der Waals surface area contributed by atoms with Crippen LogP contribution < -0.4 is 26.0 Å². The first-order valence-corrected chi connectivity index (χ1v) is 16.6. The van der Waals surface area contributed by atoms with Crippen LogP contribution in [-0.4, -0.2) is 82.7 Å². The Morgan fingerprint density at radius 3 is 2.33 bits per heavy atom. The van der Waals surface area contributed by atoms with Gasteiger partial charge in [0.25, 0.3) is 11.8 Å². The molecule has 4 N–H and O–H groups in total. The van der Waals surface area contributed by atoms with Crippen LogP contribution >= 0.6 is 0 Å². The van der Waals surface area contributed by atoms with E-state index in [1.54, 1.807) is 67.5 Å². The third-order valence-corrected chi connectivity index (χ3v) is 8.58. The highest BCUT2D eigenvalue weighted by atomic mass is 16.5. The summed E-state index contributed by atoms with van der Waals surface area (Å²) >= 11 is 0. The fraction of sp³-hybridized carbons (Fsp3) is 0.417. The van der Waals surface area contributed by atoms with E-state index in [0.717, 1.165) is 11.1 Å². The van der Waals surface area contributed by atoms with Gasteiger partial charge in [0.2, 0.25) is 17.7 Å². The minimum Gasteiger partial charge on any atom is -0.497 e. The Hall–Kier alpha value is -5.33. The molecule has 2 aliphatic rings. The summed E-state index contributed by atoms with van der Waals surface area (Å²) in [6.07, 6.45) is 6.25. The smallest absolute Gasteiger partial charge is 0.274 e. The number of rotatable bonds is 6. The Morgan fingerprint density at radius 2 is 1.67 bits per heavy atom. The van der Waals surface area contributed by atoms with Crippen molar-refractivity contribution in [3.8, 4) is 5.75 Å². The molecule has 0 spiro atoms. The number of hydrogen-bond acceptors (Lipinski definition) is 8. The van der Waals surface area contributed by atoms with Gasteiger partial charge < -0.3 is 30.9 Å². The van der Waals surface area contributed by atoms with E-state index in [9.17, 15) is 24.0 Å². The Kier molecular flexibility index (Phi) is 13.2. The quantitative estimate of drug-likeness (QED) is 0.290. The molecule has 3 heterocycles. The molecule has 1 unspecified atom stereocenters. The number of carbonyl (C=O) groups excluding carboxylic acids is 5. The number of fused-ring (bicyclic) bond motifs is 18. The van der Waals surface area contributed by atoms with Crippen LogP contribution in [0.2, 0.25) is 0 Å². The minimum absolute atomic E-state index is 0.141. The molecule has 0 aliphatic carbocycles. The number of carbonyl (C=O) groups is 5. The van der Waals surface area contributed by atoms with Gasteiger partial charge in [-0.05, 0) is 61.1 Å². The highest BCUT2D eigenvalue weighted by Crippen LogP contribution is 2.16. The van der Waals surface area contributed by atoms with Crippen LogP contribution in [0.4, 0.5) is 0 Å². The van der Waals surface area contributed by atoms with E-state index in [1.165, 1.54) is 18.6 Å². The molecule has 2 aliphatic heterocycles. The predicted molar refractivity (Wildman–Crippen MR) is 182 cm³/mol. The van der Waals surface area contributed by atoms with E-state index in [0.29, 0.717) is 43.7 Å². The largest absolute Gasteiger partial charge is 0.497 e. The first-order chi connectivity index (χ1) is 23.6. The number of ether oxygens (including phenoxy) is 1. The zero-order valence-electron chi connectivity index (χ0n) is 28.4. The van der Waals surface area contributed by atoms with Crippen molar-refractivity contribution in [1.29, 1.82) is 0 Å². The van der Waals surface area contributed by atoms with E-state index < -0.39 is 35.8 Å². The molecule has 0 saturated carbocycles. The summed E-state index contributed by atoms with van der Waals surface area (Å²) in [6, 6.07) is 11.1. The monoisotopic (exact) mass is 671 g/mol. The van der Waals surface area contributed by atoms with Crippen molar-refractivity contribution in [2.75, 3.05) is 20.2 Å². The number of benzene rings is 2. The Bertz CT molecular complexity index is 1580. The van der Waals surface area contributed by atoms with Crippen molar-refractivity contribution in [3.63, 3.8) is 0 Å². The maximum atomic E-state index is 13.8. The Balaban J connectivity index is 1.61. The van der Waals surface area contributed by atoms with E-state index >= 15 is 0 Å². The van der Waals surface area contributed by atoms with Crippen molar-refractivity contribution in [2.45, 2.75) is 71.1 Å². The van der Waals surface area contributed by atoms with Gasteiger partial charge in [0.1, 0.15) is 29.6 Å². The lowest BCUT2D eigenvalue weighted by Gasteiger charge is -2.27. The van der Waals surface area contributed by atoms with Crippen molar-refractivity contribution in [1.82, 2.24) is 36.1 Å². The van der Waals surface area contributed by atoms with E-state index in [2.05, 4.69) is 31.2 Å². The second-order valence-electron chi connectivity index (χ2n) is 12.2. The molecule has 1 aromatic heterocycles. The van der Waals surface area contributed by atoms with Crippen LogP contribution in [0, 0.1) is 5.92 Å². The number of hydrogen-bond donors (Lipinski definition) is 4. The maximum Gasteiger partial charge on any atom is 0.274 e. The standard InChI is InChI=1S/C36H45N7O6/c1-5-23(2)31-35(47)41-29(20-25-10-14-28(49-4)15-11-25)34(46)40-24(3)32(44)39-16-6-7-19-43(36(48)30-21-37-17-18-38-30)22-26-8-12-27(13-9-26)33(45)42-31/h8-15,17-18,21,23-24,29,31H,5-7,16,19-20,22H2,1-4H3,(H,39,44)(H,40,46)(H,41,47)(H,42,45)/t23-,24+,29-,31?/m0/s1. The summed E-state index contributed by atoms with van der Waals surface area (Å²) < 4.78 is 5.24. The molecule has 13 nitrogen and oxygen atoms in total. The van der Waals surface area contributed by atoms with Crippen molar-refractivity contribution in [3.05, 3.63) is 89.5 Å². The van der Waals surface area contributed by atoms with Crippen LogP contribution in [0.5, 0.6) is 5.75 Å². The van der Waals surface area contributed by atoms with E-state index in [-0.39, 0.29) is 36.4 Å². The molecular formula is C36H45N7O6. The summed E-state index contributed by atoms with van der Waals surface area (Å²) in [6.45, 7) is 6.31. The van der Waals surface area contributed by atoms with Gasteiger partial charge in [-0.25, -0.2) is 4.98 Å². The molecule has 0 saturated heterocycles. The minimum atomic E-state index is -1.04. The third kappa shape index (κ3) is 10.3. The van der Waals surface area contributed by atoms with Gasteiger partial charge >= 0.3 is 0 Å². The van der Waals surface area contributed by atoms with Gasteiger partial charge in [0, 0.05) is 44.0 Å². The Morgan fingerprint density at radius 1 is 0.939 bits per heavy atom. The lowest BCUT2D eigenvalue weighted by Crippen LogP contribution is -2.58. The predicted octanol–water partition coefficient (Wildman–Crippen LogP) is 2.41. The number of methoxy groups -OCH3 is 1. The SMILES string of the molecule is CC[C@H](C)C1NC(=O)c2ccc(cc2)CN(C(=O)c2cnccn2)CCCCNC(=O)[C@@H](C)NC(=O)[C@H](Cc2ccc(OC)cc2)NC1=O. The van der Waals surface area contributed by atoms with E-state index in [1.807, 2.05) is 13.8 Å². The number of amides is 5. The second kappa shape index (κ2) is 17.7. The summed E-state index contributed by atoms with van der Waals surface area (Å²) in [4.78, 5) is 77.0. The molecule has 3 aromatic rings. The van der Waals surface area contributed by atoms with Crippen LogP contribution in [0.1, 0.15) is 72.0 Å². The van der Waals surface area contributed by atoms with Gasteiger partial charge in [-0.1, -0.05) is 44.5 Å². The topological polar surface area (TPSA) is 172 Å². The fourth-order valence-electron chi connectivity index (χ4n) is 5.37. The molecule has 2 aromatic carbocycles. The molecular weight excluding hydrogens is 626 g/mol. The number of nitrogens with one attached hydrogen (secondary N) is 4. The first kappa shape index (κ1) is 36.5. The average Bonchev–Trinajstić information content (AvgIpc) is 3.12. The number of nitrogens with zero attached hydrogens (tertiary/aromatic N) is 3. The average molecular weight is 672 g/mol. The number of aromatic nitrogens is 2. The van der Waals surface area contributed by atoms with Gasteiger partial charge in [0.15, 0.2) is 0 Å². The molecule has 0 fully saturated rings. The second-order valence-corrected chi connectivity index (χ2v) is 12.2.